The highest BCUT2D eigenvalue weighted by Gasteiger charge is 2.20. The predicted octanol–water partition coefficient (Wildman–Crippen LogP) is 4.82. The fourth-order valence-electron chi connectivity index (χ4n) is 3.19. The molecule has 0 saturated carbocycles. The van der Waals surface area contributed by atoms with Crippen molar-refractivity contribution in [3.05, 3.63) is 71.8 Å². The van der Waals surface area contributed by atoms with Gasteiger partial charge in [0.2, 0.25) is 5.91 Å². The molecule has 0 aliphatic rings. The van der Waals surface area contributed by atoms with Crippen molar-refractivity contribution in [3.8, 4) is 5.75 Å². The Labute approximate surface area is 183 Å². The van der Waals surface area contributed by atoms with Crippen LogP contribution >= 0.6 is 22.9 Å². The summed E-state index contributed by atoms with van der Waals surface area (Å²) in [6.07, 6.45) is 6.52. The van der Waals surface area contributed by atoms with E-state index in [1.165, 1.54) is 11.3 Å². The lowest BCUT2D eigenvalue weighted by Gasteiger charge is -2.20. The molecular formula is C22H21ClN4O2S. The molecule has 2 heterocycles. The summed E-state index contributed by atoms with van der Waals surface area (Å²) in [5.74, 6) is 0.769. The van der Waals surface area contributed by atoms with Crippen molar-refractivity contribution in [1.82, 2.24) is 14.5 Å². The predicted molar refractivity (Wildman–Crippen MR) is 121 cm³/mol. The molecule has 4 rings (SSSR count). The molecule has 2 aromatic carbocycles. The maximum absolute atomic E-state index is 13.2. The number of fused-ring (bicyclic) bond motifs is 1. The van der Waals surface area contributed by atoms with Crippen LogP contribution in [-0.4, -0.2) is 34.1 Å². The Bertz CT molecular complexity index is 1130. The number of methoxy groups -OCH3 is 1. The average Bonchev–Trinajstić information content (AvgIpc) is 3.42. The maximum Gasteiger partial charge on any atom is 0.233 e. The number of rotatable bonds is 8. The van der Waals surface area contributed by atoms with Crippen LogP contribution in [0, 0.1) is 0 Å². The van der Waals surface area contributed by atoms with Crippen LogP contribution in [0.15, 0.2) is 61.2 Å². The van der Waals surface area contributed by atoms with Crippen molar-refractivity contribution in [2.45, 2.75) is 19.4 Å². The molecule has 2 aromatic heterocycles. The molecule has 0 spiro atoms. The van der Waals surface area contributed by atoms with Gasteiger partial charge in [-0.2, -0.15) is 0 Å². The minimum Gasteiger partial charge on any atom is -0.497 e. The summed E-state index contributed by atoms with van der Waals surface area (Å²) in [6.45, 7) is 1.34. The third-order valence-corrected chi connectivity index (χ3v) is 6.11. The summed E-state index contributed by atoms with van der Waals surface area (Å²) in [5, 5.41) is 1.26. The monoisotopic (exact) mass is 440 g/mol. The molecule has 0 saturated heterocycles. The summed E-state index contributed by atoms with van der Waals surface area (Å²) in [4.78, 5) is 23.7. The zero-order valence-electron chi connectivity index (χ0n) is 16.5. The molecule has 8 heteroatoms. The number of thiazole rings is 1. The molecule has 0 fully saturated rings. The number of benzene rings is 2. The Morgan fingerprint density at radius 3 is 2.77 bits per heavy atom. The zero-order valence-corrected chi connectivity index (χ0v) is 18.1. The van der Waals surface area contributed by atoms with E-state index in [1.54, 1.807) is 24.5 Å². The van der Waals surface area contributed by atoms with E-state index >= 15 is 0 Å². The minimum absolute atomic E-state index is 0.000904. The molecule has 0 aliphatic carbocycles. The van der Waals surface area contributed by atoms with Crippen LogP contribution in [0.5, 0.6) is 5.75 Å². The van der Waals surface area contributed by atoms with Gasteiger partial charge < -0.3 is 9.30 Å². The van der Waals surface area contributed by atoms with Gasteiger partial charge >= 0.3 is 0 Å². The summed E-state index contributed by atoms with van der Waals surface area (Å²) in [6, 6.07) is 13.2. The normalized spacial score (nSPS) is 11.0. The lowest BCUT2D eigenvalue weighted by atomic mass is 10.1. The Kier molecular flexibility index (Phi) is 6.30. The highest BCUT2D eigenvalue weighted by Crippen LogP contribution is 2.33. The molecule has 0 bridgehead atoms. The highest BCUT2D eigenvalue weighted by molar-refractivity contribution is 7.22. The molecular weight excluding hydrogens is 420 g/mol. The third kappa shape index (κ3) is 4.63. The second-order valence-electron chi connectivity index (χ2n) is 6.81. The number of ether oxygens (including phenoxy) is 1. The van der Waals surface area contributed by atoms with Crippen molar-refractivity contribution < 1.29 is 9.53 Å². The molecule has 0 unspecified atom stereocenters. The van der Waals surface area contributed by atoms with Crippen molar-refractivity contribution >= 4 is 44.2 Å². The molecule has 154 valence electrons. The number of anilines is 1. The van der Waals surface area contributed by atoms with Gasteiger partial charge in [0.05, 0.1) is 29.6 Å². The lowest BCUT2D eigenvalue weighted by Crippen LogP contribution is -2.33. The van der Waals surface area contributed by atoms with Crippen molar-refractivity contribution in [3.63, 3.8) is 0 Å². The first-order chi connectivity index (χ1) is 14.6. The van der Waals surface area contributed by atoms with Crippen LogP contribution in [0.2, 0.25) is 5.02 Å². The zero-order chi connectivity index (χ0) is 20.9. The number of hydrogen-bond donors (Lipinski definition) is 0. The van der Waals surface area contributed by atoms with Gasteiger partial charge in [-0.05, 0) is 36.2 Å². The van der Waals surface area contributed by atoms with Crippen LogP contribution in [-0.2, 0) is 17.8 Å². The number of para-hydroxylation sites is 1. The first kappa shape index (κ1) is 20.4. The second-order valence-corrected chi connectivity index (χ2v) is 8.22. The number of halogens is 1. The largest absolute Gasteiger partial charge is 0.497 e. The molecule has 4 aromatic rings. The van der Waals surface area contributed by atoms with Crippen LogP contribution < -0.4 is 9.64 Å². The second kappa shape index (κ2) is 9.28. The summed E-state index contributed by atoms with van der Waals surface area (Å²) >= 11 is 7.79. The topological polar surface area (TPSA) is 60.2 Å². The molecule has 0 aliphatic heterocycles. The highest BCUT2D eigenvalue weighted by atomic mass is 35.5. The SMILES string of the molecule is COc1ccc(CC(=O)N(CCCn2ccnc2)c2nc3c(Cl)cccc3s2)cc1. The van der Waals surface area contributed by atoms with E-state index in [2.05, 4.69) is 9.97 Å². The van der Waals surface area contributed by atoms with Crippen LogP contribution in [0.1, 0.15) is 12.0 Å². The van der Waals surface area contributed by atoms with E-state index in [9.17, 15) is 4.79 Å². The van der Waals surface area contributed by atoms with Gasteiger partial charge in [-0.1, -0.05) is 41.1 Å². The average molecular weight is 441 g/mol. The smallest absolute Gasteiger partial charge is 0.233 e. The molecule has 6 nitrogen and oxygen atoms in total. The van der Waals surface area contributed by atoms with Gasteiger partial charge in [-0.3, -0.25) is 9.69 Å². The minimum atomic E-state index is 0.000904. The Morgan fingerprint density at radius 2 is 2.07 bits per heavy atom. The first-order valence-electron chi connectivity index (χ1n) is 9.58. The Hall–Kier alpha value is -2.90. The van der Waals surface area contributed by atoms with E-state index in [-0.39, 0.29) is 5.91 Å². The van der Waals surface area contributed by atoms with Gasteiger partial charge in [0.1, 0.15) is 11.3 Å². The number of carbonyl (C=O) groups is 1. The van der Waals surface area contributed by atoms with E-state index in [1.807, 2.05) is 53.2 Å². The van der Waals surface area contributed by atoms with Crippen molar-refractivity contribution in [2.75, 3.05) is 18.6 Å². The van der Waals surface area contributed by atoms with Crippen molar-refractivity contribution in [2.24, 2.45) is 0 Å². The standard InChI is InChI=1S/C22H21ClN4O2S/c1-29-17-8-6-16(7-9-17)14-20(28)27(12-3-11-26-13-10-24-15-26)22-25-21-18(23)4-2-5-19(21)30-22/h2,4-10,13,15H,3,11-12,14H2,1H3. The number of hydrogen-bond acceptors (Lipinski definition) is 5. The van der Waals surface area contributed by atoms with Gasteiger partial charge in [-0.15, -0.1) is 0 Å². The number of carbonyl (C=O) groups excluding carboxylic acids is 1. The first-order valence-corrected chi connectivity index (χ1v) is 10.8. The molecule has 0 radical (unpaired) electrons. The number of nitrogens with zero attached hydrogens (tertiary/aromatic N) is 4. The summed E-state index contributed by atoms with van der Waals surface area (Å²) in [5.41, 5.74) is 1.66. The van der Waals surface area contributed by atoms with Gasteiger partial charge in [0.25, 0.3) is 0 Å². The van der Waals surface area contributed by atoms with Gasteiger partial charge in [-0.25, -0.2) is 9.97 Å². The Morgan fingerprint density at radius 1 is 1.23 bits per heavy atom. The number of aryl methyl sites for hydroxylation is 1. The fraction of sp³-hybridized carbons (Fsp3) is 0.227. The van der Waals surface area contributed by atoms with E-state index in [0.717, 1.165) is 34.5 Å². The maximum atomic E-state index is 13.2. The van der Waals surface area contributed by atoms with Crippen LogP contribution in [0.4, 0.5) is 5.13 Å². The Balaban J connectivity index is 1.56. The van der Waals surface area contributed by atoms with Gasteiger partial charge in [0.15, 0.2) is 5.13 Å². The van der Waals surface area contributed by atoms with Gasteiger partial charge in [0, 0.05) is 25.5 Å². The number of aromatic nitrogens is 3. The molecule has 0 N–H and O–H groups in total. The van der Waals surface area contributed by atoms with E-state index in [0.29, 0.717) is 23.1 Å². The van der Waals surface area contributed by atoms with Crippen molar-refractivity contribution in [1.29, 1.82) is 0 Å². The quantitative estimate of drug-likeness (QED) is 0.394. The summed E-state index contributed by atoms with van der Waals surface area (Å²) < 4.78 is 8.17. The molecule has 30 heavy (non-hydrogen) atoms. The number of amides is 1. The molecule has 1 amide bonds. The fourth-order valence-corrected chi connectivity index (χ4v) is 4.50. The summed E-state index contributed by atoms with van der Waals surface area (Å²) in [7, 11) is 1.63. The molecule has 0 atom stereocenters. The van der Waals surface area contributed by atoms with E-state index < -0.39 is 0 Å². The van der Waals surface area contributed by atoms with Crippen LogP contribution in [0.3, 0.4) is 0 Å². The van der Waals surface area contributed by atoms with E-state index in [4.69, 9.17) is 16.3 Å². The number of imidazole rings is 1. The lowest BCUT2D eigenvalue weighted by molar-refractivity contribution is -0.118. The third-order valence-electron chi connectivity index (χ3n) is 4.76. The van der Waals surface area contributed by atoms with Crippen LogP contribution in [0.25, 0.3) is 10.2 Å².